The number of halogens is 1. The minimum atomic E-state index is -0.497. The van der Waals surface area contributed by atoms with E-state index >= 15 is 0 Å². The van der Waals surface area contributed by atoms with Crippen molar-refractivity contribution in [2.24, 2.45) is 0 Å². The molecule has 1 aromatic rings. The molecule has 1 aromatic heterocycles. The summed E-state index contributed by atoms with van der Waals surface area (Å²) in [6, 6.07) is 0.114. The zero-order chi connectivity index (χ0) is 15.6. The highest BCUT2D eigenvalue weighted by Crippen LogP contribution is 2.26. The quantitative estimate of drug-likeness (QED) is 0.524. The van der Waals surface area contributed by atoms with Crippen molar-refractivity contribution in [3.05, 3.63) is 21.6 Å². The highest BCUT2D eigenvalue weighted by molar-refractivity contribution is 6.28. The van der Waals surface area contributed by atoms with Crippen molar-refractivity contribution in [1.82, 2.24) is 14.9 Å². The fourth-order valence-corrected chi connectivity index (χ4v) is 2.62. The Hall–Kier alpha value is -1.47. The summed E-state index contributed by atoms with van der Waals surface area (Å²) in [4.78, 5) is 20.5. The molecular weight excluding hydrogens is 294 g/mol. The van der Waals surface area contributed by atoms with Crippen LogP contribution in [0.3, 0.4) is 0 Å². The number of likely N-dealkylation sites (tertiary alicyclic amines) is 1. The van der Waals surface area contributed by atoms with Gasteiger partial charge in [-0.3, -0.25) is 15.0 Å². The number of hydrogen-bond donors (Lipinski definition) is 1. The molecule has 0 unspecified atom stereocenters. The van der Waals surface area contributed by atoms with Crippen LogP contribution >= 0.6 is 11.6 Å². The molecule has 0 spiro atoms. The van der Waals surface area contributed by atoms with E-state index in [1.165, 1.54) is 0 Å². The van der Waals surface area contributed by atoms with Crippen LogP contribution in [0.25, 0.3) is 0 Å². The number of anilines is 1. The van der Waals surface area contributed by atoms with Crippen LogP contribution in [0.5, 0.6) is 0 Å². The van der Waals surface area contributed by atoms with E-state index in [1.54, 1.807) is 0 Å². The Morgan fingerprint density at radius 1 is 1.52 bits per heavy atom. The average molecular weight is 314 g/mol. The highest BCUT2D eigenvalue weighted by atomic mass is 35.5. The number of nitrogens with zero attached hydrogens (tertiary/aromatic N) is 4. The topological polar surface area (TPSA) is 84.2 Å². The predicted molar refractivity (Wildman–Crippen MR) is 81.7 cm³/mol. The first-order valence-corrected chi connectivity index (χ1v) is 7.33. The van der Waals surface area contributed by atoms with Crippen LogP contribution in [-0.2, 0) is 0 Å². The smallest absolute Gasteiger partial charge is 0.329 e. The molecule has 1 atom stereocenters. The standard InChI is InChI=1S/C13H20ClN5O2/c1-13(2,3)18-6-4-5-9(8-18)16-11-10(19(20)21)7-15-12(14)17-11/h7,9H,4-6,8H2,1-3H3,(H,15,16,17)/t9-/m1/s1. The second kappa shape index (κ2) is 6.11. The van der Waals surface area contributed by atoms with Gasteiger partial charge in [0, 0.05) is 18.1 Å². The lowest BCUT2D eigenvalue weighted by atomic mass is 9.98. The summed E-state index contributed by atoms with van der Waals surface area (Å²) in [5.74, 6) is 0.195. The summed E-state index contributed by atoms with van der Waals surface area (Å²) in [6.07, 6.45) is 3.13. The summed E-state index contributed by atoms with van der Waals surface area (Å²) >= 11 is 5.75. The Bertz CT molecular complexity index is 532. The van der Waals surface area contributed by atoms with Crippen molar-refractivity contribution in [2.75, 3.05) is 18.4 Å². The monoisotopic (exact) mass is 313 g/mol. The summed E-state index contributed by atoms with van der Waals surface area (Å²) in [7, 11) is 0. The summed E-state index contributed by atoms with van der Waals surface area (Å²) in [5, 5.41) is 14.2. The van der Waals surface area contributed by atoms with Crippen LogP contribution in [-0.4, -0.2) is 44.5 Å². The van der Waals surface area contributed by atoms with Crippen molar-refractivity contribution >= 4 is 23.1 Å². The maximum Gasteiger partial charge on any atom is 0.329 e. The Morgan fingerprint density at radius 3 is 2.86 bits per heavy atom. The summed E-state index contributed by atoms with van der Waals surface area (Å²) < 4.78 is 0. The van der Waals surface area contributed by atoms with Crippen molar-refractivity contribution < 1.29 is 4.92 Å². The fourth-order valence-electron chi connectivity index (χ4n) is 2.49. The number of aromatic nitrogens is 2. The van der Waals surface area contributed by atoms with E-state index in [1.807, 2.05) is 0 Å². The van der Waals surface area contributed by atoms with E-state index in [0.717, 1.165) is 32.1 Å². The molecule has 1 aliphatic rings. The van der Waals surface area contributed by atoms with E-state index in [0.29, 0.717) is 0 Å². The van der Waals surface area contributed by atoms with E-state index in [4.69, 9.17) is 11.6 Å². The predicted octanol–water partition coefficient (Wildman–Crippen LogP) is 2.71. The van der Waals surface area contributed by atoms with Gasteiger partial charge in [0.2, 0.25) is 11.1 Å². The minimum Gasteiger partial charge on any atom is -0.360 e. The average Bonchev–Trinajstić information content (AvgIpc) is 2.37. The van der Waals surface area contributed by atoms with Crippen LogP contribution in [0.2, 0.25) is 5.28 Å². The first-order valence-electron chi connectivity index (χ1n) is 6.96. The van der Waals surface area contributed by atoms with Gasteiger partial charge in [0.15, 0.2) is 0 Å². The molecule has 1 saturated heterocycles. The SMILES string of the molecule is CC(C)(C)N1CCC[C@@H](Nc2nc(Cl)ncc2[N+](=O)[O-])C1. The lowest BCUT2D eigenvalue weighted by molar-refractivity contribution is -0.384. The Labute approximate surface area is 128 Å². The third-order valence-electron chi connectivity index (χ3n) is 3.65. The first-order chi connectivity index (χ1) is 9.77. The normalized spacial score (nSPS) is 20.3. The molecule has 0 bridgehead atoms. The van der Waals surface area contributed by atoms with Crippen LogP contribution in [0.4, 0.5) is 11.5 Å². The molecule has 0 aliphatic carbocycles. The molecule has 0 radical (unpaired) electrons. The number of nitro groups is 1. The highest BCUT2D eigenvalue weighted by Gasteiger charge is 2.29. The molecule has 1 fully saturated rings. The molecule has 7 nitrogen and oxygen atoms in total. The zero-order valence-electron chi connectivity index (χ0n) is 12.5. The molecule has 1 aliphatic heterocycles. The van der Waals surface area contributed by atoms with Crippen molar-refractivity contribution in [3.63, 3.8) is 0 Å². The van der Waals surface area contributed by atoms with Gasteiger partial charge in [-0.1, -0.05) is 0 Å². The molecule has 2 heterocycles. The van der Waals surface area contributed by atoms with Gasteiger partial charge >= 0.3 is 5.69 Å². The van der Waals surface area contributed by atoms with Gasteiger partial charge in [-0.05, 0) is 51.8 Å². The first kappa shape index (κ1) is 15.9. The van der Waals surface area contributed by atoms with Gasteiger partial charge in [0.25, 0.3) is 0 Å². The van der Waals surface area contributed by atoms with Crippen LogP contribution in [0.1, 0.15) is 33.6 Å². The van der Waals surface area contributed by atoms with Crippen molar-refractivity contribution in [3.8, 4) is 0 Å². The number of nitrogens with one attached hydrogen (secondary N) is 1. The third kappa shape index (κ3) is 4.01. The largest absolute Gasteiger partial charge is 0.360 e. The molecule has 21 heavy (non-hydrogen) atoms. The van der Waals surface area contributed by atoms with Crippen molar-refractivity contribution in [2.45, 2.75) is 45.2 Å². The van der Waals surface area contributed by atoms with Crippen LogP contribution in [0.15, 0.2) is 6.20 Å². The third-order valence-corrected chi connectivity index (χ3v) is 3.83. The van der Waals surface area contributed by atoms with Crippen LogP contribution < -0.4 is 5.32 Å². The summed E-state index contributed by atoms with van der Waals surface area (Å²) in [5.41, 5.74) is -0.0671. The molecule has 8 heteroatoms. The van der Waals surface area contributed by atoms with Gasteiger partial charge in [-0.2, -0.15) is 4.98 Å². The molecule has 1 N–H and O–H groups in total. The fraction of sp³-hybridized carbons (Fsp3) is 0.692. The Balaban J connectivity index is 2.14. The molecular formula is C13H20ClN5O2. The van der Waals surface area contributed by atoms with E-state index in [2.05, 4.69) is 41.0 Å². The molecule has 2 rings (SSSR count). The lowest BCUT2D eigenvalue weighted by Gasteiger charge is -2.41. The van der Waals surface area contributed by atoms with E-state index in [-0.39, 0.29) is 28.4 Å². The second-order valence-corrected chi connectivity index (χ2v) is 6.57. The lowest BCUT2D eigenvalue weighted by Crippen LogP contribution is -2.50. The molecule has 116 valence electrons. The molecule has 0 amide bonds. The molecule has 0 aromatic carbocycles. The number of rotatable bonds is 3. The maximum atomic E-state index is 11.0. The van der Waals surface area contributed by atoms with Gasteiger partial charge in [0.05, 0.1) is 4.92 Å². The van der Waals surface area contributed by atoms with Gasteiger partial charge in [-0.25, -0.2) is 4.98 Å². The van der Waals surface area contributed by atoms with Gasteiger partial charge in [0.1, 0.15) is 6.20 Å². The van der Waals surface area contributed by atoms with Gasteiger partial charge < -0.3 is 5.32 Å². The van der Waals surface area contributed by atoms with Crippen molar-refractivity contribution in [1.29, 1.82) is 0 Å². The van der Waals surface area contributed by atoms with Gasteiger partial charge in [-0.15, -0.1) is 0 Å². The number of piperidine rings is 1. The Morgan fingerprint density at radius 2 is 2.24 bits per heavy atom. The second-order valence-electron chi connectivity index (χ2n) is 6.23. The molecule has 0 saturated carbocycles. The van der Waals surface area contributed by atoms with E-state index < -0.39 is 4.92 Å². The maximum absolute atomic E-state index is 11.0. The number of hydrogen-bond acceptors (Lipinski definition) is 6. The van der Waals surface area contributed by atoms with Crippen LogP contribution in [0, 0.1) is 10.1 Å². The minimum absolute atomic E-state index is 0.00610. The van der Waals surface area contributed by atoms with E-state index in [9.17, 15) is 10.1 Å². The summed E-state index contributed by atoms with van der Waals surface area (Å²) in [6.45, 7) is 8.36. The zero-order valence-corrected chi connectivity index (χ0v) is 13.2. The Kier molecular flexibility index (Phi) is 4.63.